The highest BCUT2D eigenvalue weighted by atomic mass is 16.6. The number of aromatic hydroxyl groups is 1. The minimum Gasteiger partial charge on any atom is -0.506 e. The molecular weight excluding hydrogens is 418 g/mol. The number of para-hydroxylation sites is 1. The van der Waals surface area contributed by atoms with Gasteiger partial charge < -0.3 is 14.3 Å². The van der Waals surface area contributed by atoms with Crippen LogP contribution in [0.2, 0.25) is 0 Å². The lowest BCUT2D eigenvalue weighted by Crippen LogP contribution is -2.12. The summed E-state index contributed by atoms with van der Waals surface area (Å²) in [6.45, 7) is 1.78. The molecule has 0 saturated carbocycles. The van der Waals surface area contributed by atoms with Gasteiger partial charge in [-0.1, -0.05) is 23.8 Å². The summed E-state index contributed by atoms with van der Waals surface area (Å²) in [6.07, 6.45) is 0. The summed E-state index contributed by atoms with van der Waals surface area (Å²) in [4.78, 5) is 49.3. The molecule has 0 bridgehead atoms. The predicted molar refractivity (Wildman–Crippen MR) is 114 cm³/mol. The molecule has 0 saturated heterocycles. The molecule has 0 aliphatic heterocycles. The number of benzene rings is 3. The summed E-state index contributed by atoms with van der Waals surface area (Å²) >= 11 is 0. The van der Waals surface area contributed by atoms with Crippen molar-refractivity contribution in [1.29, 1.82) is 0 Å². The van der Waals surface area contributed by atoms with Crippen molar-refractivity contribution in [2.45, 2.75) is 6.92 Å². The second-order valence-electron chi connectivity index (χ2n) is 7.05. The highest BCUT2D eigenvalue weighted by Gasteiger charge is 2.28. The zero-order valence-electron chi connectivity index (χ0n) is 16.9. The van der Waals surface area contributed by atoms with Gasteiger partial charge in [-0.25, -0.2) is 9.59 Å². The van der Waals surface area contributed by atoms with Gasteiger partial charge in [0.25, 0.3) is 5.69 Å². The number of carbonyl (C=O) groups excluding carboxylic acids is 2. The molecule has 1 heterocycles. The van der Waals surface area contributed by atoms with E-state index in [0.717, 1.165) is 18.7 Å². The number of nitrogens with zero attached hydrogens (tertiary/aromatic N) is 1. The number of phenols is 1. The Labute approximate surface area is 179 Å². The van der Waals surface area contributed by atoms with E-state index in [1.807, 2.05) is 0 Å². The normalized spacial score (nSPS) is 10.9. The van der Waals surface area contributed by atoms with Gasteiger partial charge in [-0.3, -0.25) is 14.9 Å². The lowest BCUT2D eigenvalue weighted by molar-refractivity contribution is -0.385. The van der Waals surface area contributed by atoms with Gasteiger partial charge in [-0.15, -0.1) is 0 Å². The van der Waals surface area contributed by atoms with Crippen LogP contribution in [0.4, 0.5) is 5.69 Å². The third kappa shape index (κ3) is 3.16. The molecule has 0 aliphatic carbocycles. The average Bonchev–Trinajstić information content (AvgIpc) is 2.78. The first kappa shape index (κ1) is 20.7. The van der Waals surface area contributed by atoms with Crippen LogP contribution < -0.4 is 5.63 Å². The fourth-order valence-electron chi connectivity index (χ4n) is 3.64. The van der Waals surface area contributed by atoms with E-state index < -0.39 is 44.7 Å². The fourth-order valence-corrected chi connectivity index (χ4v) is 3.64. The topological polar surface area (TPSA) is 137 Å². The number of hydrogen-bond acceptors (Lipinski definition) is 8. The molecular formula is C23H15NO8. The molecule has 1 aromatic heterocycles. The molecule has 0 atom stereocenters. The van der Waals surface area contributed by atoms with Gasteiger partial charge in [-0.2, -0.15) is 0 Å². The van der Waals surface area contributed by atoms with Crippen molar-refractivity contribution >= 4 is 39.2 Å². The number of hydrogen-bond donors (Lipinski definition) is 1. The Morgan fingerprint density at radius 1 is 1.03 bits per heavy atom. The van der Waals surface area contributed by atoms with E-state index in [-0.39, 0.29) is 22.1 Å². The highest BCUT2D eigenvalue weighted by molar-refractivity contribution is 6.25. The van der Waals surface area contributed by atoms with Gasteiger partial charge >= 0.3 is 11.6 Å². The molecule has 1 N–H and O–H groups in total. The first-order valence-corrected chi connectivity index (χ1v) is 9.34. The maximum Gasteiger partial charge on any atom is 0.348 e. The average molecular weight is 433 g/mol. The van der Waals surface area contributed by atoms with Crippen LogP contribution >= 0.6 is 0 Å². The molecule has 0 amide bonds. The van der Waals surface area contributed by atoms with Crippen LogP contribution in [0, 0.1) is 17.0 Å². The maximum absolute atomic E-state index is 13.5. The third-order valence-corrected chi connectivity index (χ3v) is 5.11. The van der Waals surface area contributed by atoms with Crippen LogP contribution in [-0.2, 0) is 4.74 Å². The van der Waals surface area contributed by atoms with Crippen LogP contribution in [0.3, 0.4) is 0 Å². The zero-order valence-corrected chi connectivity index (χ0v) is 16.9. The summed E-state index contributed by atoms with van der Waals surface area (Å²) in [7, 11) is 1.07. The number of esters is 1. The van der Waals surface area contributed by atoms with Crippen LogP contribution in [-0.4, -0.2) is 28.9 Å². The number of aryl methyl sites for hydroxylation is 1. The second kappa shape index (κ2) is 7.62. The van der Waals surface area contributed by atoms with Crippen molar-refractivity contribution in [3.8, 4) is 5.75 Å². The number of nitro groups is 1. The van der Waals surface area contributed by atoms with Crippen LogP contribution in [0.25, 0.3) is 21.7 Å². The van der Waals surface area contributed by atoms with Crippen molar-refractivity contribution in [3.63, 3.8) is 0 Å². The second-order valence-corrected chi connectivity index (χ2v) is 7.05. The number of methoxy groups -OCH3 is 1. The lowest BCUT2D eigenvalue weighted by atomic mass is 9.92. The number of rotatable bonds is 4. The van der Waals surface area contributed by atoms with Crippen LogP contribution in [0.15, 0.2) is 57.7 Å². The number of fused-ring (bicyclic) bond motifs is 3. The lowest BCUT2D eigenvalue weighted by Gasteiger charge is -2.13. The molecule has 32 heavy (non-hydrogen) atoms. The summed E-state index contributed by atoms with van der Waals surface area (Å²) in [5.41, 5.74) is -1.37. The van der Waals surface area contributed by atoms with Crippen LogP contribution in [0.5, 0.6) is 5.75 Å². The van der Waals surface area contributed by atoms with Crippen molar-refractivity contribution in [3.05, 3.63) is 91.3 Å². The first-order chi connectivity index (χ1) is 15.2. The number of ether oxygens (including phenoxy) is 1. The molecule has 160 valence electrons. The smallest absolute Gasteiger partial charge is 0.348 e. The van der Waals surface area contributed by atoms with Gasteiger partial charge in [0.15, 0.2) is 0 Å². The van der Waals surface area contributed by atoms with Crippen molar-refractivity contribution in [2.24, 2.45) is 0 Å². The number of nitro benzene ring substituents is 1. The van der Waals surface area contributed by atoms with E-state index in [0.29, 0.717) is 5.39 Å². The molecule has 3 aromatic carbocycles. The number of ketones is 1. The van der Waals surface area contributed by atoms with Crippen molar-refractivity contribution < 1.29 is 28.8 Å². The highest BCUT2D eigenvalue weighted by Crippen LogP contribution is 2.37. The molecule has 0 spiro atoms. The molecule has 4 aromatic rings. The molecule has 0 unspecified atom stereocenters. The minimum absolute atomic E-state index is 0.0215. The van der Waals surface area contributed by atoms with Crippen LogP contribution in [0.1, 0.15) is 31.8 Å². The SMILES string of the molecule is COC(=O)c1cc(C(=O)c2ccccc2[N+](=O)[O-])c2c(c1O)c(=O)oc1ccc(C)cc12. The summed E-state index contributed by atoms with van der Waals surface area (Å²) in [5, 5.41) is 22.1. The Bertz CT molecular complexity index is 1520. The largest absolute Gasteiger partial charge is 0.506 e. The van der Waals surface area contributed by atoms with E-state index in [4.69, 9.17) is 4.42 Å². The summed E-state index contributed by atoms with van der Waals surface area (Å²) < 4.78 is 9.96. The van der Waals surface area contributed by atoms with Gasteiger partial charge in [0.2, 0.25) is 5.78 Å². The predicted octanol–water partition coefficient (Wildman–Crippen LogP) is 3.89. The summed E-state index contributed by atoms with van der Waals surface area (Å²) in [5.74, 6) is -2.51. The quantitative estimate of drug-likeness (QED) is 0.128. The fraction of sp³-hybridized carbons (Fsp3) is 0.0870. The third-order valence-electron chi connectivity index (χ3n) is 5.11. The van der Waals surface area contributed by atoms with E-state index >= 15 is 0 Å². The van der Waals surface area contributed by atoms with Gasteiger partial charge in [0.05, 0.1) is 12.0 Å². The Morgan fingerprint density at radius 2 is 1.75 bits per heavy atom. The van der Waals surface area contributed by atoms with Gasteiger partial charge in [0.1, 0.15) is 27.8 Å². The van der Waals surface area contributed by atoms with Gasteiger partial charge in [0, 0.05) is 22.4 Å². The molecule has 0 fully saturated rings. The van der Waals surface area contributed by atoms with Gasteiger partial charge in [-0.05, 0) is 31.2 Å². The number of carbonyl (C=O) groups is 2. The minimum atomic E-state index is -0.996. The molecule has 0 radical (unpaired) electrons. The van der Waals surface area contributed by atoms with E-state index in [1.54, 1.807) is 19.1 Å². The van der Waals surface area contributed by atoms with E-state index in [2.05, 4.69) is 4.74 Å². The molecule has 9 heteroatoms. The molecule has 4 rings (SSSR count). The Kier molecular flexibility index (Phi) is 4.94. The monoisotopic (exact) mass is 433 g/mol. The van der Waals surface area contributed by atoms with Crippen molar-refractivity contribution in [2.75, 3.05) is 7.11 Å². The Morgan fingerprint density at radius 3 is 2.44 bits per heavy atom. The standard InChI is InChI=1S/C23H15NO8/c1-11-7-8-17-13(9-11)18-14(20(25)12-5-3-4-6-16(12)24(29)30)10-15(22(27)31-2)21(26)19(18)23(28)32-17/h3-10,26H,1-2H3. The first-order valence-electron chi connectivity index (χ1n) is 9.34. The zero-order chi connectivity index (χ0) is 23.2. The van der Waals surface area contributed by atoms with E-state index in [9.17, 15) is 29.6 Å². The molecule has 0 aliphatic rings. The van der Waals surface area contributed by atoms with E-state index in [1.165, 1.54) is 30.3 Å². The summed E-state index contributed by atoms with van der Waals surface area (Å²) in [6, 6.07) is 11.3. The Balaban J connectivity index is 2.22. The molecule has 9 nitrogen and oxygen atoms in total. The Hall–Kier alpha value is -4.53. The van der Waals surface area contributed by atoms with Crippen molar-refractivity contribution in [1.82, 2.24) is 0 Å². The maximum atomic E-state index is 13.5. The number of phenolic OH excluding ortho intramolecular Hbond substituents is 1.